The third kappa shape index (κ3) is 8.64. The Morgan fingerprint density at radius 2 is 1.29 bits per heavy atom. The van der Waals surface area contributed by atoms with Crippen LogP contribution in [0.1, 0.15) is 38.5 Å². The number of nitrogens with one attached hydrogen (secondary N) is 1. The summed E-state index contributed by atoms with van der Waals surface area (Å²) < 4.78 is 39.2. The SMILES string of the molecule is O=C(Cc1ccc(N2CCN(CC(C(=O)NCc3ccccc3)c3ccccc3)CC2)cc1)c1ccccc1-c1ccc(C(F)(F)F)cc1. The number of rotatable bonds is 11. The minimum atomic E-state index is -4.42. The Balaban J connectivity index is 1.05. The number of carbonyl (C=O) groups is 2. The second-order valence-corrected chi connectivity index (χ2v) is 12.3. The molecule has 1 aliphatic heterocycles. The third-order valence-electron chi connectivity index (χ3n) is 9.06. The minimum absolute atomic E-state index is 0.0182. The monoisotopic (exact) mass is 661 g/mol. The molecule has 1 saturated heterocycles. The van der Waals surface area contributed by atoms with Crippen molar-refractivity contribution in [2.75, 3.05) is 37.6 Å². The van der Waals surface area contributed by atoms with Gasteiger partial charge in [-0.3, -0.25) is 14.5 Å². The number of ketones is 1. The summed E-state index contributed by atoms with van der Waals surface area (Å²) in [6, 6.07) is 39.8. The van der Waals surface area contributed by atoms with Crippen molar-refractivity contribution < 1.29 is 22.8 Å². The Morgan fingerprint density at radius 3 is 1.94 bits per heavy atom. The van der Waals surface area contributed by atoms with Crippen LogP contribution in [0.5, 0.6) is 0 Å². The zero-order chi connectivity index (χ0) is 34.2. The number of hydrogen-bond acceptors (Lipinski definition) is 4. The largest absolute Gasteiger partial charge is 0.416 e. The predicted molar refractivity (Wildman–Crippen MR) is 187 cm³/mol. The maximum atomic E-state index is 13.4. The molecule has 1 aliphatic rings. The summed E-state index contributed by atoms with van der Waals surface area (Å²) in [6.07, 6.45) is -4.24. The van der Waals surface area contributed by atoms with E-state index in [0.29, 0.717) is 29.8 Å². The lowest BCUT2D eigenvalue weighted by Gasteiger charge is -2.37. The van der Waals surface area contributed by atoms with Crippen LogP contribution in [0.4, 0.5) is 18.9 Å². The van der Waals surface area contributed by atoms with Crippen LogP contribution >= 0.6 is 0 Å². The molecule has 0 aliphatic carbocycles. The smallest absolute Gasteiger partial charge is 0.369 e. The van der Waals surface area contributed by atoms with Crippen molar-refractivity contribution in [2.24, 2.45) is 0 Å². The standard InChI is InChI=1S/C41H38F3N3O2/c42-41(43,44)34-19-17-33(18-20-34)36-13-7-8-14-37(36)39(48)27-30-15-21-35(22-16-30)47-25-23-46(24-26-47)29-38(32-11-5-2-6-12-32)40(49)45-28-31-9-3-1-4-10-31/h1-22,38H,23-29H2,(H,45,49). The van der Waals surface area contributed by atoms with E-state index in [2.05, 4.69) is 15.1 Å². The van der Waals surface area contributed by atoms with Gasteiger partial charge in [0, 0.05) is 56.9 Å². The first-order chi connectivity index (χ1) is 23.7. The highest BCUT2D eigenvalue weighted by Crippen LogP contribution is 2.32. The van der Waals surface area contributed by atoms with Crippen molar-refractivity contribution in [3.63, 3.8) is 0 Å². The van der Waals surface area contributed by atoms with Gasteiger partial charge in [0.1, 0.15) is 0 Å². The van der Waals surface area contributed by atoms with Crippen molar-refractivity contribution in [3.8, 4) is 11.1 Å². The molecule has 5 aromatic rings. The quantitative estimate of drug-likeness (QED) is 0.146. The van der Waals surface area contributed by atoms with E-state index in [1.165, 1.54) is 12.1 Å². The molecule has 49 heavy (non-hydrogen) atoms. The van der Waals surface area contributed by atoms with Crippen molar-refractivity contribution in [1.29, 1.82) is 0 Å². The molecule has 0 bridgehead atoms. The van der Waals surface area contributed by atoms with Gasteiger partial charge in [-0.05, 0) is 52.1 Å². The molecule has 1 amide bonds. The molecule has 0 saturated carbocycles. The Bertz CT molecular complexity index is 1840. The van der Waals surface area contributed by atoms with Gasteiger partial charge >= 0.3 is 6.18 Å². The van der Waals surface area contributed by atoms with Gasteiger partial charge in [-0.15, -0.1) is 0 Å². The highest BCUT2D eigenvalue weighted by Gasteiger charge is 2.30. The average molecular weight is 662 g/mol. The maximum Gasteiger partial charge on any atom is 0.416 e. The van der Waals surface area contributed by atoms with E-state index in [9.17, 15) is 22.8 Å². The van der Waals surface area contributed by atoms with Gasteiger partial charge in [0.2, 0.25) is 5.91 Å². The molecule has 5 nitrogen and oxygen atoms in total. The van der Waals surface area contributed by atoms with Gasteiger partial charge < -0.3 is 10.2 Å². The number of piperazine rings is 1. The summed E-state index contributed by atoms with van der Waals surface area (Å²) in [4.78, 5) is 31.4. The molecule has 250 valence electrons. The summed E-state index contributed by atoms with van der Waals surface area (Å²) in [5.41, 5.74) is 4.93. The molecule has 0 spiro atoms. The van der Waals surface area contributed by atoms with Gasteiger partial charge in [0.25, 0.3) is 0 Å². The molecule has 8 heteroatoms. The number of alkyl halides is 3. The van der Waals surface area contributed by atoms with E-state index < -0.39 is 11.7 Å². The number of nitrogens with zero attached hydrogens (tertiary/aromatic N) is 2. The first-order valence-corrected chi connectivity index (χ1v) is 16.5. The lowest BCUT2D eigenvalue weighted by atomic mass is 9.93. The maximum absolute atomic E-state index is 13.4. The number of carbonyl (C=O) groups excluding carboxylic acids is 2. The summed E-state index contributed by atoms with van der Waals surface area (Å²) in [5, 5.41) is 3.13. The highest BCUT2D eigenvalue weighted by molar-refractivity contribution is 6.03. The van der Waals surface area contributed by atoms with E-state index in [-0.39, 0.29) is 24.0 Å². The Kier molecular flexibility index (Phi) is 10.5. The molecule has 1 atom stereocenters. The van der Waals surface area contributed by atoms with Crippen LogP contribution in [0.25, 0.3) is 11.1 Å². The fraction of sp³-hybridized carbons (Fsp3) is 0.220. The van der Waals surface area contributed by atoms with Gasteiger partial charge in [-0.2, -0.15) is 13.2 Å². The fourth-order valence-electron chi connectivity index (χ4n) is 6.30. The fourth-order valence-corrected chi connectivity index (χ4v) is 6.30. The van der Waals surface area contributed by atoms with Gasteiger partial charge in [0.05, 0.1) is 11.5 Å². The van der Waals surface area contributed by atoms with Crippen LogP contribution in [0, 0.1) is 0 Å². The Hall–Kier alpha value is -5.21. The molecule has 1 unspecified atom stereocenters. The van der Waals surface area contributed by atoms with Crippen LogP contribution < -0.4 is 10.2 Å². The zero-order valence-corrected chi connectivity index (χ0v) is 27.1. The van der Waals surface area contributed by atoms with Crippen molar-refractivity contribution >= 4 is 17.4 Å². The summed E-state index contributed by atoms with van der Waals surface area (Å²) in [5.74, 6) is -0.361. The summed E-state index contributed by atoms with van der Waals surface area (Å²) >= 11 is 0. The highest BCUT2D eigenvalue weighted by atomic mass is 19.4. The lowest BCUT2D eigenvalue weighted by molar-refractivity contribution is -0.137. The molecule has 0 aromatic heterocycles. The topological polar surface area (TPSA) is 52.7 Å². The van der Waals surface area contributed by atoms with E-state index >= 15 is 0 Å². The number of hydrogen-bond donors (Lipinski definition) is 1. The number of Topliss-reactive ketones (excluding diaryl/α,β-unsaturated/α-hetero) is 1. The zero-order valence-electron chi connectivity index (χ0n) is 27.1. The minimum Gasteiger partial charge on any atom is -0.369 e. The molecule has 1 fully saturated rings. The van der Waals surface area contributed by atoms with Crippen LogP contribution in [0.3, 0.4) is 0 Å². The van der Waals surface area contributed by atoms with Crippen LogP contribution in [-0.4, -0.2) is 49.3 Å². The van der Waals surface area contributed by atoms with Gasteiger partial charge in [0.15, 0.2) is 5.78 Å². The van der Waals surface area contributed by atoms with Crippen LogP contribution in [-0.2, 0) is 23.9 Å². The van der Waals surface area contributed by atoms with E-state index in [1.807, 2.05) is 84.9 Å². The van der Waals surface area contributed by atoms with Crippen LogP contribution in [0.15, 0.2) is 133 Å². The first-order valence-electron chi connectivity index (χ1n) is 16.5. The molecule has 1 heterocycles. The second kappa shape index (κ2) is 15.3. The predicted octanol–water partition coefficient (Wildman–Crippen LogP) is 8.02. The molecular formula is C41H38F3N3O2. The Labute approximate surface area is 285 Å². The van der Waals surface area contributed by atoms with Crippen molar-refractivity contribution in [1.82, 2.24) is 10.2 Å². The molecule has 0 radical (unpaired) electrons. The number of anilines is 1. The summed E-state index contributed by atoms with van der Waals surface area (Å²) in [6.45, 7) is 4.38. The van der Waals surface area contributed by atoms with Gasteiger partial charge in [-0.1, -0.05) is 109 Å². The second-order valence-electron chi connectivity index (χ2n) is 12.3. The number of halogens is 3. The molecule has 1 N–H and O–H groups in total. The number of benzene rings is 5. The van der Waals surface area contributed by atoms with Crippen molar-refractivity contribution in [2.45, 2.75) is 25.1 Å². The van der Waals surface area contributed by atoms with E-state index in [4.69, 9.17) is 0 Å². The number of amides is 1. The molecule has 6 rings (SSSR count). The van der Waals surface area contributed by atoms with Crippen molar-refractivity contribution in [3.05, 3.63) is 161 Å². The third-order valence-corrected chi connectivity index (χ3v) is 9.06. The average Bonchev–Trinajstić information content (AvgIpc) is 3.14. The Morgan fingerprint density at radius 1 is 0.673 bits per heavy atom. The normalized spacial score (nSPS) is 14.3. The lowest BCUT2D eigenvalue weighted by Crippen LogP contribution is -2.49. The van der Waals surface area contributed by atoms with Gasteiger partial charge in [-0.25, -0.2) is 0 Å². The summed E-state index contributed by atoms with van der Waals surface area (Å²) in [7, 11) is 0. The first kappa shape index (κ1) is 33.7. The van der Waals surface area contributed by atoms with Crippen LogP contribution in [0.2, 0.25) is 0 Å². The molecule has 5 aromatic carbocycles. The van der Waals surface area contributed by atoms with E-state index in [0.717, 1.165) is 60.7 Å². The van der Waals surface area contributed by atoms with E-state index in [1.54, 1.807) is 24.3 Å². The molecular weight excluding hydrogens is 623 g/mol.